The number of rotatable bonds is 5. The first kappa shape index (κ1) is 14.5. The van der Waals surface area contributed by atoms with Crippen LogP contribution in [0.25, 0.3) is 0 Å². The molecule has 0 heterocycles. The standard InChI is InChI=1S/C12H18ClNO2S/c1-4-14-9(2)10(3)17(15,16)12-7-5-11(13)6-8-12/h5-10,14H,4H2,1-3H3. The maximum atomic E-state index is 12.3. The molecule has 0 aromatic heterocycles. The van der Waals surface area contributed by atoms with E-state index in [2.05, 4.69) is 5.32 Å². The fourth-order valence-corrected chi connectivity index (χ4v) is 3.30. The SMILES string of the molecule is CCNC(C)C(C)S(=O)(=O)c1ccc(Cl)cc1. The highest BCUT2D eigenvalue weighted by atomic mass is 35.5. The molecule has 1 aromatic rings. The first-order valence-corrected chi connectivity index (χ1v) is 7.55. The van der Waals surface area contributed by atoms with Crippen LogP contribution in [0, 0.1) is 0 Å². The van der Waals surface area contributed by atoms with E-state index in [0.29, 0.717) is 9.92 Å². The van der Waals surface area contributed by atoms with Crippen molar-refractivity contribution < 1.29 is 8.42 Å². The second-order valence-electron chi connectivity index (χ2n) is 4.05. The number of halogens is 1. The molecule has 0 saturated carbocycles. The fraction of sp³-hybridized carbons (Fsp3) is 0.500. The van der Waals surface area contributed by atoms with Gasteiger partial charge in [0.15, 0.2) is 9.84 Å². The first-order chi connectivity index (χ1) is 7.89. The molecule has 0 amide bonds. The normalized spacial score (nSPS) is 15.5. The van der Waals surface area contributed by atoms with Crippen molar-refractivity contribution >= 4 is 21.4 Å². The second kappa shape index (κ2) is 5.85. The summed E-state index contributed by atoms with van der Waals surface area (Å²) in [5.74, 6) is 0. The summed E-state index contributed by atoms with van der Waals surface area (Å²) in [5, 5.41) is 3.20. The van der Waals surface area contributed by atoms with Gasteiger partial charge in [-0.1, -0.05) is 18.5 Å². The third-order valence-corrected chi connectivity index (χ3v) is 5.43. The lowest BCUT2D eigenvalue weighted by atomic mass is 10.2. The van der Waals surface area contributed by atoms with Crippen LogP contribution in [-0.2, 0) is 9.84 Å². The molecule has 17 heavy (non-hydrogen) atoms. The molecular weight excluding hydrogens is 258 g/mol. The predicted octanol–water partition coefficient (Wildman–Crippen LogP) is 2.50. The summed E-state index contributed by atoms with van der Waals surface area (Å²) in [4.78, 5) is 0.319. The van der Waals surface area contributed by atoms with Crippen LogP contribution in [0.2, 0.25) is 5.02 Å². The van der Waals surface area contributed by atoms with E-state index in [4.69, 9.17) is 11.6 Å². The third kappa shape index (κ3) is 3.44. The van der Waals surface area contributed by atoms with E-state index in [1.54, 1.807) is 31.2 Å². The zero-order valence-electron chi connectivity index (χ0n) is 10.3. The van der Waals surface area contributed by atoms with Gasteiger partial charge in [-0.3, -0.25) is 0 Å². The third-order valence-electron chi connectivity index (χ3n) is 2.86. The molecule has 0 saturated heterocycles. The molecule has 0 aliphatic carbocycles. The Balaban J connectivity index is 2.98. The fourth-order valence-electron chi connectivity index (χ4n) is 1.60. The summed E-state index contributed by atoms with van der Waals surface area (Å²) in [6.45, 7) is 6.30. The summed E-state index contributed by atoms with van der Waals surface area (Å²) in [6.07, 6.45) is 0. The average Bonchev–Trinajstić information content (AvgIpc) is 2.29. The Kier molecular flexibility index (Phi) is 4.98. The molecule has 1 aromatic carbocycles. The zero-order valence-corrected chi connectivity index (χ0v) is 11.8. The van der Waals surface area contributed by atoms with E-state index >= 15 is 0 Å². The molecule has 2 unspecified atom stereocenters. The molecule has 5 heteroatoms. The van der Waals surface area contributed by atoms with Crippen molar-refractivity contribution in [3.05, 3.63) is 29.3 Å². The lowest BCUT2D eigenvalue weighted by molar-refractivity contribution is 0.521. The highest BCUT2D eigenvalue weighted by Gasteiger charge is 2.27. The lowest BCUT2D eigenvalue weighted by Gasteiger charge is -2.21. The molecular formula is C12H18ClNO2S. The second-order valence-corrected chi connectivity index (χ2v) is 6.79. The van der Waals surface area contributed by atoms with Crippen LogP contribution in [-0.4, -0.2) is 26.3 Å². The Morgan fingerprint density at radius 1 is 1.24 bits per heavy atom. The molecule has 0 fully saturated rings. The summed E-state index contributed by atoms with van der Waals surface area (Å²) in [5.41, 5.74) is 0. The number of hydrogen-bond acceptors (Lipinski definition) is 3. The van der Waals surface area contributed by atoms with Gasteiger partial charge in [-0.2, -0.15) is 0 Å². The van der Waals surface area contributed by atoms with Gasteiger partial charge in [-0.05, 0) is 44.7 Å². The van der Waals surface area contributed by atoms with Crippen molar-refractivity contribution in [2.45, 2.75) is 37.0 Å². The summed E-state index contributed by atoms with van der Waals surface area (Å²) >= 11 is 5.75. The summed E-state index contributed by atoms with van der Waals surface area (Å²) in [7, 11) is -3.30. The van der Waals surface area contributed by atoms with E-state index in [9.17, 15) is 8.42 Å². The highest BCUT2D eigenvalue weighted by Crippen LogP contribution is 2.20. The van der Waals surface area contributed by atoms with E-state index in [-0.39, 0.29) is 6.04 Å². The number of sulfone groups is 1. The highest BCUT2D eigenvalue weighted by molar-refractivity contribution is 7.92. The van der Waals surface area contributed by atoms with Gasteiger partial charge in [0.2, 0.25) is 0 Å². The minimum Gasteiger partial charge on any atom is -0.313 e. The molecule has 0 aliphatic rings. The number of hydrogen-bond donors (Lipinski definition) is 1. The van der Waals surface area contributed by atoms with Crippen LogP contribution in [0.3, 0.4) is 0 Å². The van der Waals surface area contributed by atoms with Gasteiger partial charge in [0.25, 0.3) is 0 Å². The van der Waals surface area contributed by atoms with Crippen LogP contribution < -0.4 is 5.32 Å². The summed E-state index contributed by atoms with van der Waals surface area (Å²) < 4.78 is 24.6. The van der Waals surface area contributed by atoms with E-state index in [1.807, 2.05) is 13.8 Å². The Morgan fingerprint density at radius 3 is 2.24 bits per heavy atom. The van der Waals surface area contributed by atoms with Gasteiger partial charge in [0.1, 0.15) is 0 Å². The topological polar surface area (TPSA) is 46.2 Å². The minimum atomic E-state index is -3.30. The van der Waals surface area contributed by atoms with Gasteiger partial charge < -0.3 is 5.32 Å². The Labute approximate surface area is 108 Å². The van der Waals surface area contributed by atoms with Crippen LogP contribution in [0.15, 0.2) is 29.2 Å². The quantitative estimate of drug-likeness (QED) is 0.898. The smallest absolute Gasteiger partial charge is 0.182 e. The molecule has 0 radical (unpaired) electrons. The Morgan fingerprint density at radius 2 is 1.76 bits per heavy atom. The molecule has 0 spiro atoms. The molecule has 1 N–H and O–H groups in total. The lowest BCUT2D eigenvalue weighted by Crippen LogP contribution is -2.40. The monoisotopic (exact) mass is 275 g/mol. The van der Waals surface area contributed by atoms with Crippen molar-refractivity contribution in [2.75, 3.05) is 6.54 Å². The molecule has 1 rings (SSSR count). The Bertz CT molecular complexity index is 456. The number of nitrogens with one attached hydrogen (secondary N) is 1. The van der Waals surface area contributed by atoms with Crippen molar-refractivity contribution in [3.8, 4) is 0 Å². The maximum Gasteiger partial charge on any atom is 0.182 e. The van der Waals surface area contributed by atoms with Crippen molar-refractivity contribution in [3.63, 3.8) is 0 Å². The van der Waals surface area contributed by atoms with Crippen LogP contribution in [0.1, 0.15) is 20.8 Å². The van der Waals surface area contributed by atoms with Crippen LogP contribution in [0.5, 0.6) is 0 Å². The average molecular weight is 276 g/mol. The van der Waals surface area contributed by atoms with E-state index in [0.717, 1.165) is 6.54 Å². The van der Waals surface area contributed by atoms with Crippen molar-refractivity contribution in [1.82, 2.24) is 5.32 Å². The number of benzene rings is 1. The van der Waals surface area contributed by atoms with Crippen LogP contribution in [0.4, 0.5) is 0 Å². The Hall–Kier alpha value is -0.580. The molecule has 2 atom stereocenters. The molecule has 0 aliphatic heterocycles. The minimum absolute atomic E-state index is 0.0827. The zero-order chi connectivity index (χ0) is 13.1. The van der Waals surface area contributed by atoms with Crippen LogP contribution >= 0.6 is 11.6 Å². The van der Waals surface area contributed by atoms with Gasteiger partial charge in [0, 0.05) is 11.1 Å². The van der Waals surface area contributed by atoms with Crippen molar-refractivity contribution in [2.24, 2.45) is 0 Å². The van der Waals surface area contributed by atoms with E-state index < -0.39 is 15.1 Å². The van der Waals surface area contributed by atoms with Gasteiger partial charge in [-0.25, -0.2) is 8.42 Å². The predicted molar refractivity (Wildman–Crippen MR) is 71.2 cm³/mol. The van der Waals surface area contributed by atoms with E-state index in [1.165, 1.54) is 0 Å². The molecule has 3 nitrogen and oxygen atoms in total. The summed E-state index contributed by atoms with van der Waals surface area (Å²) in [6, 6.07) is 6.21. The van der Waals surface area contributed by atoms with Gasteiger partial charge in [0.05, 0.1) is 10.1 Å². The largest absolute Gasteiger partial charge is 0.313 e. The maximum absolute atomic E-state index is 12.3. The van der Waals surface area contributed by atoms with Gasteiger partial charge in [-0.15, -0.1) is 0 Å². The van der Waals surface area contributed by atoms with Crippen molar-refractivity contribution in [1.29, 1.82) is 0 Å². The van der Waals surface area contributed by atoms with Gasteiger partial charge >= 0.3 is 0 Å². The molecule has 0 bridgehead atoms. The first-order valence-electron chi connectivity index (χ1n) is 5.62. The molecule has 96 valence electrons.